The van der Waals surface area contributed by atoms with Crippen LogP contribution in [0.4, 0.5) is 5.82 Å². The molecular formula is C25H25N6+. The maximum Gasteiger partial charge on any atom is 0.166 e. The number of nitrogens with one attached hydrogen (secondary N) is 1. The first kappa shape index (κ1) is 19.3. The Kier molecular flexibility index (Phi) is 5.11. The molecule has 1 aliphatic rings. The van der Waals surface area contributed by atoms with Gasteiger partial charge in [-0.2, -0.15) is 14.9 Å². The predicted molar refractivity (Wildman–Crippen MR) is 122 cm³/mol. The van der Waals surface area contributed by atoms with Crippen molar-refractivity contribution in [2.45, 2.75) is 6.92 Å². The number of quaternary nitrogens is 1. The first-order chi connectivity index (χ1) is 15.2. The summed E-state index contributed by atoms with van der Waals surface area (Å²) in [6, 6.07) is 25.1. The number of nitriles is 1. The summed E-state index contributed by atoms with van der Waals surface area (Å²) in [5.74, 6) is 1.06. The molecular weight excluding hydrogens is 384 g/mol. The zero-order valence-electron chi connectivity index (χ0n) is 17.6. The molecule has 4 aromatic rings. The van der Waals surface area contributed by atoms with Gasteiger partial charge in [0.15, 0.2) is 12.2 Å². The van der Waals surface area contributed by atoms with E-state index in [1.165, 1.54) is 4.90 Å². The summed E-state index contributed by atoms with van der Waals surface area (Å²) in [4.78, 5) is 8.79. The molecule has 0 saturated carbocycles. The zero-order chi connectivity index (χ0) is 21.2. The number of aryl methyl sites for hydroxylation is 1. The van der Waals surface area contributed by atoms with Gasteiger partial charge in [-0.25, -0.2) is 4.98 Å². The molecule has 0 aliphatic carbocycles. The first-order valence-electron chi connectivity index (χ1n) is 10.7. The molecule has 2 aromatic carbocycles. The first-order valence-corrected chi connectivity index (χ1v) is 10.7. The average molecular weight is 410 g/mol. The number of nitrogens with zero attached hydrogens (tertiary/aromatic N) is 5. The minimum absolute atomic E-state index is 0.563. The number of fused-ring (bicyclic) bond motifs is 1. The van der Waals surface area contributed by atoms with Gasteiger partial charge in [0.05, 0.1) is 37.6 Å². The van der Waals surface area contributed by atoms with Crippen LogP contribution in [0, 0.1) is 18.3 Å². The Balaban J connectivity index is 1.67. The second-order valence-electron chi connectivity index (χ2n) is 8.00. The largest absolute Gasteiger partial charge is 0.345 e. The number of hydrogen-bond acceptors (Lipinski definition) is 4. The molecule has 1 fully saturated rings. The molecule has 2 aromatic heterocycles. The van der Waals surface area contributed by atoms with Gasteiger partial charge in [-0.15, -0.1) is 0 Å². The van der Waals surface area contributed by atoms with E-state index < -0.39 is 0 Å². The summed E-state index contributed by atoms with van der Waals surface area (Å²) < 4.78 is 2.00. The lowest BCUT2D eigenvalue weighted by Crippen LogP contribution is -3.14. The number of piperazine rings is 1. The van der Waals surface area contributed by atoms with Gasteiger partial charge in [0.2, 0.25) is 0 Å². The van der Waals surface area contributed by atoms with Crippen molar-refractivity contribution in [2.75, 3.05) is 37.6 Å². The normalized spacial score (nSPS) is 14.6. The summed E-state index contributed by atoms with van der Waals surface area (Å²) in [5.41, 5.74) is 6.10. The van der Waals surface area contributed by atoms with E-state index >= 15 is 0 Å². The van der Waals surface area contributed by atoms with Gasteiger partial charge in [0.1, 0.15) is 11.9 Å². The van der Waals surface area contributed by atoms with Crippen molar-refractivity contribution < 1.29 is 4.90 Å². The summed E-state index contributed by atoms with van der Waals surface area (Å²) in [7, 11) is 0. The zero-order valence-corrected chi connectivity index (χ0v) is 17.6. The third kappa shape index (κ3) is 3.65. The van der Waals surface area contributed by atoms with Crippen LogP contribution in [-0.2, 0) is 0 Å². The fourth-order valence-corrected chi connectivity index (χ4v) is 4.37. The Labute approximate surface area is 182 Å². The van der Waals surface area contributed by atoms with Crippen LogP contribution in [0.1, 0.15) is 5.69 Å². The van der Waals surface area contributed by atoms with Crippen molar-refractivity contribution in [3.05, 3.63) is 72.4 Å². The van der Waals surface area contributed by atoms with Gasteiger partial charge in [-0.05, 0) is 12.5 Å². The van der Waals surface area contributed by atoms with E-state index in [1.807, 2.05) is 28.8 Å². The molecule has 5 rings (SSSR count). The molecule has 0 amide bonds. The SMILES string of the molecule is Cc1nn2c(N3CC[NH+](CC#N)CC3)cc(-c3ccccc3)nc2c1-c1ccccc1. The summed E-state index contributed by atoms with van der Waals surface area (Å²) >= 11 is 0. The third-order valence-corrected chi connectivity index (χ3v) is 6.00. The van der Waals surface area contributed by atoms with E-state index in [1.54, 1.807) is 0 Å². The highest BCUT2D eigenvalue weighted by atomic mass is 15.4. The number of hydrogen-bond donors (Lipinski definition) is 1. The van der Waals surface area contributed by atoms with Gasteiger partial charge in [0.25, 0.3) is 0 Å². The van der Waals surface area contributed by atoms with Gasteiger partial charge in [-0.3, -0.25) is 0 Å². The predicted octanol–water partition coefficient (Wildman–Crippen LogP) is 2.60. The lowest BCUT2D eigenvalue weighted by molar-refractivity contribution is -0.893. The molecule has 1 N–H and O–H groups in total. The minimum atomic E-state index is 0.563. The lowest BCUT2D eigenvalue weighted by Gasteiger charge is -2.32. The second kappa shape index (κ2) is 8.21. The Bertz CT molecular complexity index is 1230. The molecule has 3 heterocycles. The Morgan fingerprint density at radius 2 is 1.61 bits per heavy atom. The van der Waals surface area contributed by atoms with Gasteiger partial charge < -0.3 is 9.80 Å². The van der Waals surface area contributed by atoms with Crippen LogP contribution >= 0.6 is 0 Å². The average Bonchev–Trinajstić information content (AvgIpc) is 3.16. The number of benzene rings is 2. The van der Waals surface area contributed by atoms with Crippen LogP contribution in [-0.4, -0.2) is 47.3 Å². The van der Waals surface area contributed by atoms with Crippen molar-refractivity contribution in [3.63, 3.8) is 0 Å². The number of aromatic nitrogens is 3. The van der Waals surface area contributed by atoms with Crippen molar-refractivity contribution in [1.29, 1.82) is 5.26 Å². The lowest BCUT2D eigenvalue weighted by atomic mass is 10.1. The van der Waals surface area contributed by atoms with Crippen LogP contribution in [0.2, 0.25) is 0 Å². The number of anilines is 1. The fraction of sp³-hybridized carbons (Fsp3) is 0.240. The second-order valence-corrected chi connectivity index (χ2v) is 8.00. The van der Waals surface area contributed by atoms with Crippen LogP contribution in [0.25, 0.3) is 28.0 Å². The smallest absolute Gasteiger partial charge is 0.166 e. The maximum absolute atomic E-state index is 9.04. The van der Waals surface area contributed by atoms with E-state index in [2.05, 4.69) is 60.4 Å². The van der Waals surface area contributed by atoms with Gasteiger partial charge in [0, 0.05) is 17.2 Å². The highest BCUT2D eigenvalue weighted by Crippen LogP contribution is 2.32. The van der Waals surface area contributed by atoms with E-state index in [-0.39, 0.29) is 0 Å². The Morgan fingerprint density at radius 1 is 0.968 bits per heavy atom. The molecule has 154 valence electrons. The van der Waals surface area contributed by atoms with Gasteiger partial charge >= 0.3 is 0 Å². The van der Waals surface area contributed by atoms with Crippen LogP contribution < -0.4 is 9.80 Å². The van der Waals surface area contributed by atoms with E-state index in [0.29, 0.717) is 6.54 Å². The van der Waals surface area contributed by atoms with Crippen molar-refractivity contribution >= 4 is 11.5 Å². The quantitative estimate of drug-likeness (QED) is 0.527. The van der Waals surface area contributed by atoms with Crippen molar-refractivity contribution in [1.82, 2.24) is 14.6 Å². The molecule has 31 heavy (non-hydrogen) atoms. The Morgan fingerprint density at radius 3 is 2.26 bits per heavy atom. The molecule has 0 unspecified atom stereocenters. The molecule has 0 spiro atoms. The van der Waals surface area contributed by atoms with E-state index in [4.69, 9.17) is 15.3 Å². The molecule has 1 saturated heterocycles. The van der Waals surface area contributed by atoms with Crippen LogP contribution in [0.3, 0.4) is 0 Å². The molecule has 0 bridgehead atoms. The van der Waals surface area contributed by atoms with Crippen LogP contribution in [0.15, 0.2) is 66.7 Å². The number of rotatable bonds is 4. The summed E-state index contributed by atoms with van der Waals surface area (Å²) in [5, 5.41) is 13.9. The van der Waals surface area contributed by atoms with Crippen LogP contribution in [0.5, 0.6) is 0 Å². The molecule has 0 atom stereocenters. The minimum Gasteiger partial charge on any atom is -0.345 e. The van der Waals surface area contributed by atoms with E-state index in [0.717, 1.165) is 65.7 Å². The Hall–Kier alpha value is -3.69. The summed E-state index contributed by atoms with van der Waals surface area (Å²) in [6.45, 7) is 6.30. The molecule has 6 heteroatoms. The monoisotopic (exact) mass is 409 g/mol. The van der Waals surface area contributed by atoms with Crippen molar-refractivity contribution in [3.8, 4) is 28.5 Å². The summed E-state index contributed by atoms with van der Waals surface area (Å²) in [6.07, 6.45) is 0. The standard InChI is InChI=1S/C25H24N6/c1-19-24(21-10-6-3-7-11-21)25-27-22(20-8-4-2-5-9-20)18-23(31(25)28-19)30-16-14-29(13-12-26)15-17-30/h2-11,18H,13-17H2,1H3/p+1. The fourth-order valence-electron chi connectivity index (χ4n) is 4.37. The van der Waals surface area contributed by atoms with Crippen molar-refractivity contribution in [2.24, 2.45) is 0 Å². The molecule has 1 aliphatic heterocycles. The molecule has 0 radical (unpaired) electrons. The maximum atomic E-state index is 9.04. The van der Waals surface area contributed by atoms with Gasteiger partial charge in [-0.1, -0.05) is 60.7 Å². The van der Waals surface area contributed by atoms with E-state index in [9.17, 15) is 0 Å². The molecule has 6 nitrogen and oxygen atoms in total. The topological polar surface area (TPSA) is 61.7 Å². The third-order valence-electron chi connectivity index (χ3n) is 6.00. The highest BCUT2D eigenvalue weighted by Gasteiger charge is 2.24. The highest BCUT2D eigenvalue weighted by molar-refractivity contribution is 5.82.